The second kappa shape index (κ2) is 12.8. The predicted octanol–water partition coefficient (Wildman–Crippen LogP) is 7.57. The summed E-state index contributed by atoms with van der Waals surface area (Å²) in [5.74, 6) is 1.16. The predicted molar refractivity (Wildman–Crippen MR) is 166 cm³/mol. The summed E-state index contributed by atoms with van der Waals surface area (Å²) in [6.45, 7) is 6.58. The Hall–Kier alpha value is -4.19. The van der Waals surface area contributed by atoms with E-state index < -0.39 is 17.9 Å². The number of hydrogen-bond donors (Lipinski definition) is 1. The van der Waals surface area contributed by atoms with E-state index >= 15 is 0 Å². The molecule has 42 heavy (non-hydrogen) atoms. The number of fused-ring (bicyclic) bond motifs is 1. The minimum Gasteiger partial charge on any atom is -0.467 e. The van der Waals surface area contributed by atoms with Gasteiger partial charge in [-0.05, 0) is 64.6 Å². The molecule has 1 amide bonds. The Balaban J connectivity index is 1.43. The summed E-state index contributed by atoms with van der Waals surface area (Å²) in [7, 11) is 1.33. The molecular weight excluding hydrogens is 524 g/mol. The van der Waals surface area contributed by atoms with Crippen LogP contribution >= 0.6 is 0 Å². The molecule has 4 aromatic rings. The van der Waals surface area contributed by atoms with Crippen molar-refractivity contribution in [2.45, 2.75) is 70.8 Å². The first kappa shape index (κ1) is 29.3. The van der Waals surface area contributed by atoms with Crippen molar-refractivity contribution in [2.75, 3.05) is 7.11 Å². The van der Waals surface area contributed by atoms with Crippen molar-refractivity contribution in [3.8, 4) is 11.5 Å². The van der Waals surface area contributed by atoms with Gasteiger partial charge in [0.25, 0.3) is 5.91 Å². The van der Waals surface area contributed by atoms with E-state index in [4.69, 9.17) is 14.5 Å². The number of esters is 1. The lowest BCUT2D eigenvalue weighted by Gasteiger charge is -2.19. The summed E-state index contributed by atoms with van der Waals surface area (Å²) in [4.78, 5) is 31.0. The molecule has 3 aromatic carbocycles. The Morgan fingerprint density at radius 1 is 0.929 bits per heavy atom. The number of ether oxygens (including phenoxy) is 2. The van der Waals surface area contributed by atoms with E-state index in [1.54, 1.807) is 6.07 Å². The number of aromatic nitrogens is 1. The minimum atomic E-state index is -0.818. The van der Waals surface area contributed by atoms with Gasteiger partial charge < -0.3 is 14.8 Å². The number of rotatable bonds is 9. The van der Waals surface area contributed by atoms with Gasteiger partial charge >= 0.3 is 5.97 Å². The fourth-order valence-electron chi connectivity index (χ4n) is 5.70. The van der Waals surface area contributed by atoms with Crippen LogP contribution in [0.1, 0.15) is 73.8 Å². The Bertz CT molecular complexity index is 1530. The van der Waals surface area contributed by atoms with E-state index in [-0.39, 0.29) is 5.41 Å². The monoisotopic (exact) mass is 564 g/mol. The van der Waals surface area contributed by atoms with Crippen molar-refractivity contribution >= 4 is 22.6 Å². The van der Waals surface area contributed by atoms with Gasteiger partial charge in [-0.2, -0.15) is 0 Å². The molecule has 0 spiro atoms. The molecule has 1 heterocycles. The number of pyridine rings is 1. The maximum atomic E-state index is 13.5. The number of nitrogens with zero attached hydrogens (tertiary/aromatic N) is 1. The Labute approximate surface area is 248 Å². The Kier molecular flexibility index (Phi) is 8.91. The third kappa shape index (κ3) is 7.17. The van der Waals surface area contributed by atoms with Crippen LogP contribution < -0.4 is 10.1 Å². The highest BCUT2D eigenvalue weighted by molar-refractivity contribution is 5.99. The van der Waals surface area contributed by atoms with Gasteiger partial charge in [-0.25, -0.2) is 9.78 Å². The molecule has 0 aliphatic heterocycles. The van der Waals surface area contributed by atoms with Crippen LogP contribution in [0.25, 0.3) is 10.8 Å². The van der Waals surface area contributed by atoms with Crippen LogP contribution in [0.2, 0.25) is 0 Å². The SMILES string of the molecule is COC(=O)[C@H](Cc1ccccc1)NC(=O)c1cc2ccc(Oc3ccc(C(C)(C)C)cc3)cc2c(CC2CCCC2)n1. The van der Waals surface area contributed by atoms with Gasteiger partial charge in [0.1, 0.15) is 23.2 Å². The fourth-order valence-corrected chi connectivity index (χ4v) is 5.70. The molecule has 1 aliphatic carbocycles. The molecule has 1 aromatic heterocycles. The number of carbonyl (C=O) groups is 2. The van der Waals surface area contributed by atoms with Crippen molar-refractivity contribution in [1.29, 1.82) is 0 Å². The van der Waals surface area contributed by atoms with Crippen molar-refractivity contribution in [2.24, 2.45) is 5.92 Å². The first-order valence-electron chi connectivity index (χ1n) is 14.8. The summed E-state index contributed by atoms with van der Waals surface area (Å²) in [5.41, 5.74) is 3.44. The molecule has 0 bridgehead atoms. The maximum absolute atomic E-state index is 13.5. The highest BCUT2D eigenvalue weighted by Crippen LogP contribution is 2.33. The molecule has 218 valence electrons. The van der Waals surface area contributed by atoms with Gasteiger partial charge in [-0.1, -0.05) is 95.0 Å². The van der Waals surface area contributed by atoms with Crippen LogP contribution in [0.4, 0.5) is 0 Å². The van der Waals surface area contributed by atoms with Gasteiger partial charge in [0.15, 0.2) is 0 Å². The van der Waals surface area contributed by atoms with E-state index in [1.165, 1.54) is 25.5 Å². The van der Waals surface area contributed by atoms with E-state index in [0.717, 1.165) is 52.8 Å². The van der Waals surface area contributed by atoms with Gasteiger partial charge in [0, 0.05) is 17.5 Å². The molecular formula is C36H40N2O4. The largest absolute Gasteiger partial charge is 0.467 e. The van der Waals surface area contributed by atoms with Crippen molar-refractivity contribution in [3.05, 3.63) is 101 Å². The van der Waals surface area contributed by atoms with Crippen LogP contribution in [0.5, 0.6) is 11.5 Å². The summed E-state index contributed by atoms with van der Waals surface area (Å²) in [6.07, 6.45) is 5.91. The number of benzene rings is 3. The average Bonchev–Trinajstić information content (AvgIpc) is 3.50. The van der Waals surface area contributed by atoms with Gasteiger partial charge in [-0.15, -0.1) is 0 Å². The van der Waals surface area contributed by atoms with Gasteiger partial charge in [0.2, 0.25) is 0 Å². The van der Waals surface area contributed by atoms with Crippen molar-refractivity contribution in [1.82, 2.24) is 10.3 Å². The first-order chi connectivity index (χ1) is 20.2. The molecule has 0 unspecified atom stereocenters. The van der Waals surface area contributed by atoms with Crippen LogP contribution in [-0.4, -0.2) is 30.0 Å². The molecule has 1 aliphatic rings. The lowest BCUT2D eigenvalue weighted by atomic mass is 9.87. The second-order valence-electron chi connectivity index (χ2n) is 12.3. The van der Waals surface area contributed by atoms with E-state index in [2.05, 4.69) is 38.2 Å². The molecule has 0 saturated heterocycles. The quantitative estimate of drug-likeness (QED) is 0.212. The Morgan fingerprint density at radius 3 is 2.29 bits per heavy atom. The first-order valence-corrected chi connectivity index (χ1v) is 14.8. The maximum Gasteiger partial charge on any atom is 0.328 e. The van der Waals surface area contributed by atoms with E-state index in [0.29, 0.717) is 18.0 Å². The molecule has 1 fully saturated rings. The van der Waals surface area contributed by atoms with Crippen molar-refractivity contribution in [3.63, 3.8) is 0 Å². The zero-order chi connectivity index (χ0) is 29.7. The standard InChI is InChI=1S/C36H40N2O4/c1-36(2,3)27-15-18-28(19-16-27)42-29-17-14-26-22-32(37-31(30(26)23-29)20-24-12-8-9-13-24)34(39)38-33(35(40)41-4)21-25-10-6-5-7-11-25/h5-7,10-11,14-19,22-24,33H,8-9,12-13,20-21H2,1-4H3,(H,38,39)/t33-/m0/s1. The van der Waals surface area contributed by atoms with Gasteiger partial charge in [-0.3, -0.25) is 4.79 Å². The summed E-state index contributed by atoms with van der Waals surface area (Å²) in [6, 6.07) is 24.7. The van der Waals surface area contributed by atoms with E-state index in [1.807, 2.05) is 60.7 Å². The molecule has 5 rings (SSSR count). The smallest absolute Gasteiger partial charge is 0.328 e. The second-order valence-corrected chi connectivity index (χ2v) is 12.3. The van der Waals surface area contributed by atoms with Crippen LogP contribution in [-0.2, 0) is 27.8 Å². The molecule has 1 N–H and O–H groups in total. The number of nitrogens with one attached hydrogen (secondary N) is 1. The lowest BCUT2D eigenvalue weighted by molar-refractivity contribution is -0.142. The topological polar surface area (TPSA) is 77.5 Å². The molecule has 1 saturated carbocycles. The fraction of sp³-hybridized carbons (Fsp3) is 0.361. The van der Waals surface area contributed by atoms with Gasteiger partial charge in [0.05, 0.1) is 7.11 Å². The lowest BCUT2D eigenvalue weighted by Crippen LogP contribution is -2.43. The molecule has 6 nitrogen and oxygen atoms in total. The number of carbonyl (C=O) groups excluding carboxylic acids is 2. The highest BCUT2D eigenvalue weighted by atomic mass is 16.5. The molecule has 6 heteroatoms. The molecule has 0 radical (unpaired) electrons. The minimum absolute atomic E-state index is 0.0741. The number of amides is 1. The molecule has 1 atom stereocenters. The highest BCUT2D eigenvalue weighted by Gasteiger charge is 2.25. The summed E-state index contributed by atoms with van der Waals surface area (Å²) in [5, 5.41) is 4.77. The zero-order valence-electron chi connectivity index (χ0n) is 25.0. The third-order valence-electron chi connectivity index (χ3n) is 8.10. The number of methoxy groups -OCH3 is 1. The van der Waals surface area contributed by atoms with Crippen LogP contribution in [0.3, 0.4) is 0 Å². The Morgan fingerprint density at radius 2 is 1.62 bits per heavy atom. The summed E-state index contributed by atoms with van der Waals surface area (Å²) >= 11 is 0. The van der Waals surface area contributed by atoms with Crippen LogP contribution in [0, 0.1) is 5.92 Å². The normalized spacial score (nSPS) is 14.5. The van der Waals surface area contributed by atoms with Crippen LogP contribution in [0.15, 0.2) is 78.9 Å². The zero-order valence-corrected chi connectivity index (χ0v) is 25.0. The van der Waals surface area contributed by atoms with Crippen molar-refractivity contribution < 1.29 is 19.1 Å². The summed E-state index contributed by atoms with van der Waals surface area (Å²) < 4.78 is 11.2. The average molecular weight is 565 g/mol. The number of hydrogen-bond acceptors (Lipinski definition) is 5. The van der Waals surface area contributed by atoms with E-state index in [9.17, 15) is 9.59 Å². The third-order valence-corrected chi connectivity index (χ3v) is 8.10.